The first-order valence-electron chi connectivity index (χ1n) is 7.44. The third-order valence-corrected chi connectivity index (χ3v) is 4.87. The Bertz CT molecular complexity index is 535. The third kappa shape index (κ3) is 4.06. The van der Waals surface area contributed by atoms with E-state index >= 15 is 0 Å². The third-order valence-electron chi connectivity index (χ3n) is 3.78. The molecule has 116 valence electrons. The number of aromatic nitrogens is 1. The van der Waals surface area contributed by atoms with Crippen LogP contribution in [0.3, 0.4) is 0 Å². The number of nitrogens with zero attached hydrogens (tertiary/aromatic N) is 2. The number of rotatable bonds is 3. The summed E-state index contributed by atoms with van der Waals surface area (Å²) in [6.45, 7) is 10.7. The van der Waals surface area contributed by atoms with E-state index in [9.17, 15) is 4.79 Å². The van der Waals surface area contributed by atoms with Crippen LogP contribution in [-0.4, -0.2) is 29.1 Å². The van der Waals surface area contributed by atoms with Gasteiger partial charge >= 0.3 is 5.97 Å². The minimum absolute atomic E-state index is 0.0873. The van der Waals surface area contributed by atoms with Gasteiger partial charge in [0.15, 0.2) is 5.13 Å². The first-order chi connectivity index (χ1) is 9.77. The van der Waals surface area contributed by atoms with Crippen molar-refractivity contribution in [2.75, 3.05) is 18.0 Å². The zero-order chi connectivity index (χ0) is 15.6. The van der Waals surface area contributed by atoms with Crippen molar-refractivity contribution in [2.24, 2.45) is 5.92 Å². The van der Waals surface area contributed by atoms with Crippen LogP contribution in [0.1, 0.15) is 51.1 Å². The summed E-state index contributed by atoms with van der Waals surface area (Å²) in [6.07, 6.45) is 5.27. The van der Waals surface area contributed by atoms with Crippen molar-refractivity contribution in [1.82, 2.24) is 4.98 Å². The molecule has 0 spiro atoms. The van der Waals surface area contributed by atoms with Crippen molar-refractivity contribution in [3.8, 4) is 0 Å². The number of carboxylic acids is 1. The van der Waals surface area contributed by atoms with E-state index in [0.717, 1.165) is 34.7 Å². The second-order valence-electron chi connectivity index (χ2n) is 6.80. The van der Waals surface area contributed by atoms with Gasteiger partial charge in [0.05, 0.1) is 10.6 Å². The van der Waals surface area contributed by atoms with E-state index < -0.39 is 5.97 Å². The van der Waals surface area contributed by atoms with Crippen LogP contribution in [0.5, 0.6) is 0 Å². The van der Waals surface area contributed by atoms with E-state index in [2.05, 4.69) is 32.6 Å². The lowest BCUT2D eigenvalue weighted by Gasteiger charge is -2.29. The quantitative estimate of drug-likeness (QED) is 0.864. The SMILES string of the molecule is CC1CCN(c2nc(C(C)(C)C)c(/C=C/C(=O)O)s2)CC1. The molecule has 0 atom stereocenters. The fourth-order valence-electron chi connectivity index (χ4n) is 2.45. The highest BCUT2D eigenvalue weighted by Crippen LogP contribution is 2.36. The van der Waals surface area contributed by atoms with Crippen molar-refractivity contribution in [3.05, 3.63) is 16.6 Å². The van der Waals surface area contributed by atoms with E-state index in [0.29, 0.717) is 0 Å². The topological polar surface area (TPSA) is 53.4 Å². The Morgan fingerprint density at radius 1 is 1.38 bits per heavy atom. The molecule has 2 heterocycles. The Morgan fingerprint density at radius 3 is 2.52 bits per heavy atom. The van der Waals surface area contributed by atoms with E-state index in [1.165, 1.54) is 18.9 Å². The molecular formula is C16H24N2O2S. The minimum Gasteiger partial charge on any atom is -0.478 e. The van der Waals surface area contributed by atoms with Crippen LogP contribution < -0.4 is 4.90 Å². The average molecular weight is 308 g/mol. The maximum absolute atomic E-state index is 10.8. The molecule has 0 aromatic carbocycles. The summed E-state index contributed by atoms with van der Waals surface area (Å²) < 4.78 is 0. The average Bonchev–Trinajstić information content (AvgIpc) is 2.81. The highest BCUT2D eigenvalue weighted by molar-refractivity contribution is 7.16. The highest BCUT2D eigenvalue weighted by Gasteiger charge is 2.25. The molecule has 1 fully saturated rings. The molecule has 0 unspecified atom stereocenters. The van der Waals surface area contributed by atoms with Crippen molar-refractivity contribution in [3.63, 3.8) is 0 Å². The molecule has 0 aliphatic carbocycles. The fourth-order valence-corrected chi connectivity index (χ4v) is 3.68. The van der Waals surface area contributed by atoms with Gasteiger partial charge in [0, 0.05) is 24.6 Å². The van der Waals surface area contributed by atoms with Crippen LogP contribution in [0, 0.1) is 5.92 Å². The van der Waals surface area contributed by atoms with Crippen molar-refractivity contribution >= 4 is 28.5 Å². The molecule has 1 aliphatic rings. The zero-order valence-corrected chi connectivity index (χ0v) is 14.0. The zero-order valence-electron chi connectivity index (χ0n) is 13.2. The Morgan fingerprint density at radius 2 is 2.00 bits per heavy atom. The molecule has 1 N–H and O–H groups in total. The lowest BCUT2D eigenvalue weighted by atomic mass is 9.91. The molecule has 4 nitrogen and oxygen atoms in total. The Hall–Kier alpha value is -1.36. The normalized spacial score (nSPS) is 17.6. The molecule has 1 aliphatic heterocycles. The first-order valence-corrected chi connectivity index (χ1v) is 8.26. The van der Waals surface area contributed by atoms with Crippen molar-refractivity contribution < 1.29 is 9.90 Å². The molecule has 0 radical (unpaired) electrons. The molecule has 0 amide bonds. The number of carbonyl (C=O) groups is 1. The van der Waals surface area contributed by atoms with Gasteiger partial charge in [-0.2, -0.15) is 0 Å². The van der Waals surface area contributed by atoms with Crippen LogP contribution in [0.25, 0.3) is 6.08 Å². The monoisotopic (exact) mass is 308 g/mol. The lowest BCUT2D eigenvalue weighted by molar-refractivity contribution is -0.131. The van der Waals surface area contributed by atoms with Gasteiger partial charge in [-0.1, -0.05) is 39.0 Å². The van der Waals surface area contributed by atoms with E-state index in [1.54, 1.807) is 17.4 Å². The van der Waals surface area contributed by atoms with Gasteiger partial charge < -0.3 is 10.0 Å². The van der Waals surface area contributed by atoms with Crippen LogP contribution in [-0.2, 0) is 10.2 Å². The van der Waals surface area contributed by atoms with Crippen LogP contribution in [0.2, 0.25) is 0 Å². The first kappa shape index (κ1) is 16.0. The van der Waals surface area contributed by atoms with Crippen molar-refractivity contribution in [1.29, 1.82) is 0 Å². The van der Waals surface area contributed by atoms with Crippen LogP contribution in [0.4, 0.5) is 5.13 Å². The lowest BCUT2D eigenvalue weighted by Crippen LogP contribution is -2.32. The number of hydrogen-bond acceptors (Lipinski definition) is 4. The molecule has 1 saturated heterocycles. The molecule has 0 saturated carbocycles. The molecule has 1 aromatic heterocycles. The predicted octanol–water partition coefficient (Wildman–Crippen LogP) is 3.77. The number of anilines is 1. The summed E-state index contributed by atoms with van der Waals surface area (Å²) in [6, 6.07) is 0. The van der Waals surface area contributed by atoms with Gasteiger partial charge in [0.25, 0.3) is 0 Å². The highest BCUT2D eigenvalue weighted by atomic mass is 32.1. The number of piperidine rings is 1. The maximum atomic E-state index is 10.8. The summed E-state index contributed by atoms with van der Waals surface area (Å²) in [5, 5.41) is 9.87. The Labute approximate surface area is 130 Å². The van der Waals surface area contributed by atoms with Crippen molar-refractivity contribution in [2.45, 2.75) is 46.0 Å². The summed E-state index contributed by atoms with van der Waals surface area (Å²) in [5.41, 5.74) is 0.898. The molecule has 0 bridgehead atoms. The van der Waals surface area contributed by atoms with Crippen LogP contribution >= 0.6 is 11.3 Å². The maximum Gasteiger partial charge on any atom is 0.328 e. The van der Waals surface area contributed by atoms with E-state index in [1.807, 2.05) is 0 Å². The second kappa shape index (κ2) is 6.18. The minimum atomic E-state index is -0.920. The Kier molecular flexibility index (Phi) is 4.71. The van der Waals surface area contributed by atoms with Gasteiger partial charge in [-0.15, -0.1) is 0 Å². The predicted molar refractivity (Wildman–Crippen MR) is 88.1 cm³/mol. The van der Waals surface area contributed by atoms with Gasteiger partial charge in [0.1, 0.15) is 0 Å². The van der Waals surface area contributed by atoms with E-state index in [4.69, 9.17) is 10.1 Å². The number of carboxylic acid groups (broad SMARTS) is 1. The van der Waals surface area contributed by atoms with Gasteiger partial charge in [-0.05, 0) is 24.8 Å². The summed E-state index contributed by atoms with van der Waals surface area (Å²) >= 11 is 1.60. The van der Waals surface area contributed by atoms with Gasteiger partial charge in [-0.25, -0.2) is 9.78 Å². The summed E-state index contributed by atoms with van der Waals surface area (Å²) in [7, 11) is 0. The number of aliphatic carboxylic acids is 1. The summed E-state index contributed by atoms with van der Waals surface area (Å²) in [4.78, 5) is 18.9. The number of hydrogen-bond donors (Lipinski definition) is 1. The van der Waals surface area contributed by atoms with Gasteiger partial charge in [-0.3, -0.25) is 0 Å². The van der Waals surface area contributed by atoms with E-state index in [-0.39, 0.29) is 5.41 Å². The molecule has 1 aromatic rings. The molecule has 5 heteroatoms. The fraction of sp³-hybridized carbons (Fsp3) is 0.625. The second-order valence-corrected chi connectivity index (χ2v) is 7.81. The van der Waals surface area contributed by atoms with Crippen LogP contribution in [0.15, 0.2) is 6.08 Å². The number of thiazole rings is 1. The largest absolute Gasteiger partial charge is 0.478 e. The smallest absolute Gasteiger partial charge is 0.328 e. The Balaban J connectivity index is 2.30. The molecule has 2 rings (SSSR count). The summed E-state index contributed by atoms with van der Waals surface area (Å²) in [5.74, 6) is -0.133. The van der Waals surface area contributed by atoms with Gasteiger partial charge in [0.2, 0.25) is 0 Å². The standard InChI is InChI=1S/C16H24N2O2S/c1-11-7-9-18(10-8-11)15-17-14(16(2,3)4)12(21-15)5-6-13(19)20/h5-6,11H,7-10H2,1-4H3,(H,19,20)/b6-5+. The molecular weight excluding hydrogens is 284 g/mol. The molecule has 21 heavy (non-hydrogen) atoms.